The number of ether oxygens (including phenoxy) is 1. The van der Waals surface area contributed by atoms with Gasteiger partial charge in [-0.25, -0.2) is 4.79 Å². The molecule has 1 unspecified atom stereocenters. The monoisotopic (exact) mass is 371 g/mol. The summed E-state index contributed by atoms with van der Waals surface area (Å²) in [6, 6.07) is 7.85. The zero-order chi connectivity index (χ0) is 19.5. The molecule has 140 valence electrons. The lowest BCUT2D eigenvalue weighted by Crippen LogP contribution is -2.51. The molecule has 0 saturated carbocycles. The van der Waals surface area contributed by atoms with Gasteiger partial charge in [0.1, 0.15) is 17.0 Å². The van der Waals surface area contributed by atoms with Crippen LogP contribution in [0.1, 0.15) is 30.8 Å². The number of aliphatic carboxylic acids is 1. The van der Waals surface area contributed by atoms with Gasteiger partial charge in [-0.05, 0) is 37.6 Å². The van der Waals surface area contributed by atoms with Gasteiger partial charge in [-0.2, -0.15) is 0 Å². The van der Waals surface area contributed by atoms with Crippen molar-refractivity contribution in [3.05, 3.63) is 42.2 Å². The predicted molar refractivity (Wildman–Crippen MR) is 84.6 cm³/mol. The van der Waals surface area contributed by atoms with Crippen molar-refractivity contribution in [2.75, 3.05) is 0 Å². The number of furan rings is 1. The van der Waals surface area contributed by atoms with Gasteiger partial charge in [-0.15, -0.1) is 13.2 Å². The molecule has 0 aliphatic rings. The number of carbonyl (C=O) groups excluding carboxylic acids is 1. The summed E-state index contributed by atoms with van der Waals surface area (Å²) in [5.74, 6) is -2.75. The summed E-state index contributed by atoms with van der Waals surface area (Å²) in [5.41, 5.74) is -1.50. The second-order valence-electron chi connectivity index (χ2n) is 5.65. The first-order valence-corrected chi connectivity index (χ1v) is 7.56. The number of halogens is 3. The van der Waals surface area contributed by atoms with Crippen LogP contribution in [0.25, 0.3) is 11.3 Å². The number of alkyl halides is 3. The molecule has 1 heterocycles. The minimum Gasteiger partial charge on any atom is -0.480 e. The van der Waals surface area contributed by atoms with Crippen molar-refractivity contribution in [3.63, 3.8) is 0 Å². The van der Waals surface area contributed by atoms with Crippen molar-refractivity contribution in [1.29, 1.82) is 0 Å². The minimum atomic E-state index is -4.88. The van der Waals surface area contributed by atoms with Crippen LogP contribution in [0, 0.1) is 0 Å². The number of carbonyl (C=O) groups is 2. The second kappa shape index (κ2) is 7.11. The summed E-state index contributed by atoms with van der Waals surface area (Å²) >= 11 is 0. The fraction of sp³-hybridized carbons (Fsp3) is 0.294. The van der Waals surface area contributed by atoms with E-state index in [-0.39, 0.29) is 23.5 Å². The predicted octanol–water partition coefficient (Wildman–Crippen LogP) is 3.83. The number of para-hydroxylation sites is 1. The van der Waals surface area contributed by atoms with Gasteiger partial charge in [-0.3, -0.25) is 4.79 Å². The third-order valence-corrected chi connectivity index (χ3v) is 3.78. The standard InChI is InChI=1S/C17H16F3NO5/c1-3-16(2,15(23)24)21-14(22)13-9-8-11(25-13)10-6-4-5-7-12(10)26-17(18,19)20/h4-9H,3H2,1-2H3,(H,21,22)(H,23,24). The summed E-state index contributed by atoms with van der Waals surface area (Å²) in [4.78, 5) is 23.5. The number of amides is 1. The van der Waals surface area contributed by atoms with E-state index in [2.05, 4.69) is 10.1 Å². The molecule has 0 fully saturated rings. The van der Waals surface area contributed by atoms with Crippen molar-refractivity contribution < 1.29 is 37.0 Å². The van der Waals surface area contributed by atoms with Gasteiger partial charge in [0.15, 0.2) is 5.76 Å². The maximum absolute atomic E-state index is 12.5. The van der Waals surface area contributed by atoms with E-state index in [9.17, 15) is 27.9 Å². The maximum Gasteiger partial charge on any atom is 0.573 e. The van der Waals surface area contributed by atoms with Crippen molar-refractivity contribution >= 4 is 11.9 Å². The zero-order valence-corrected chi connectivity index (χ0v) is 13.9. The molecule has 6 nitrogen and oxygen atoms in total. The molecule has 2 N–H and O–H groups in total. The Morgan fingerprint density at radius 1 is 1.19 bits per heavy atom. The summed E-state index contributed by atoms with van der Waals surface area (Å²) in [7, 11) is 0. The first-order valence-electron chi connectivity index (χ1n) is 7.56. The van der Waals surface area contributed by atoms with Crippen LogP contribution in [0.15, 0.2) is 40.8 Å². The number of rotatable bonds is 6. The molecule has 9 heteroatoms. The molecule has 0 bridgehead atoms. The highest BCUT2D eigenvalue weighted by Gasteiger charge is 2.34. The van der Waals surface area contributed by atoms with Crippen LogP contribution in [0.4, 0.5) is 13.2 Å². The molecule has 1 aromatic heterocycles. The van der Waals surface area contributed by atoms with Gasteiger partial charge >= 0.3 is 12.3 Å². The normalized spacial score (nSPS) is 13.7. The van der Waals surface area contributed by atoms with Crippen LogP contribution in [-0.4, -0.2) is 28.9 Å². The lowest BCUT2D eigenvalue weighted by molar-refractivity contribution is -0.274. The van der Waals surface area contributed by atoms with Crippen LogP contribution < -0.4 is 10.1 Å². The molecule has 1 amide bonds. The molecule has 2 aromatic rings. The van der Waals surface area contributed by atoms with Gasteiger partial charge in [-0.1, -0.05) is 19.1 Å². The van der Waals surface area contributed by atoms with Crippen LogP contribution in [-0.2, 0) is 4.79 Å². The van der Waals surface area contributed by atoms with E-state index >= 15 is 0 Å². The Bertz CT molecular complexity index is 815. The Labute approximate surface area is 146 Å². The Kier molecular flexibility index (Phi) is 5.29. The van der Waals surface area contributed by atoms with E-state index < -0.39 is 29.5 Å². The average molecular weight is 371 g/mol. The largest absolute Gasteiger partial charge is 0.573 e. The topological polar surface area (TPSA) is 88.8 Å². The molecular weight excluding hydrogens is 355 g/mol. The lowest BCUT2D eigenvalue weighted by atomic mass is 9.99. The molecule has 0 aliphatic carbocycles. The summed E-state index contributed by atoms with van der Waals surface area (Å²) < 4.78 is 46.7. The van der Waals surface area contributed by atoms with E-state index in [4.69, 9.17) is 4.42 Å². The Morgan fingerprint density at radius 3 is 2.42 bits per heavy atom. The van der Waals surface area contributed by atoms with Crippen LogP contribution in [0.2, 0.25) is 0 Å². The molecule has 0 saturated heterocycles. The fourth-order valence-corrected chi connectivity index (χ4v) is 2.09. The summed E-state index contributed by atoms with van der Waals surface area (Å²) in [5, 5.41) is 11.5. The first kappa shape index (κ1) is 19.4. The van der Waals surface area contributed by atoms with Gasteiger partial charge < -0.3 is 19.6 Å². The quantitative estimate of drug-likeness (QED) is 0.806. The highest BCUT2D eigenvalue weighted by molar-refractivity contribution is 5.96. The van der Waals surface area contributed by atoms with Gasteiger partial charge in [0, 0.05) is 0 Å². The number of hydrogen-bond acceptors (Lipinski definition) is 4. The number of carboxylic acids is 1. The Morgan fingerprint density at radius 2 is 1.85 bits per heavy atom. The van der Waals surface area contributed by atoms with E-state index in [0.29, 0.717) is 0 Å². The molecule has 0 spiro atoms. The summed E-state index contributed by atoms with van der Waals surface area (Å²) in [6.45, 7) is 2.93. The highest BCUT2D eigenvalue weighted by atomic mass is 19.4. The Hall–Kier alpha value is -2.97. The van der Waals surface area contributed by atoms with Crippen molar-refractivity contribution in [3.8, 4) is 17.1 Å². The minimum absolute atomic E-state index is 0.000336. The number of carboxylic acid groups (broad SMARTS) is 1. The second-order valence-corrected chi connectivity index (χ2v) is 5.65. The molecule has 1 atom stereocenters. The smallest absolute Gasteiger partial charge is 0.480 e. The average Bonchev–Trinajstić information content (AvgIpc) is 3.03. The van der Waals surface area contributed by atoms with Crippen molar-refractivity contribution in [2.24, 2.45) is 0 Å². The van der Waals surface area contributed by atoms with Gasteiger partial charge in [0.05, 0.1) is 5.56 Å². The van der Waals surface area contributed by atoms with E-state index in [1.807, 2.05) is 0 Å². The van der Waals surface area contributed by atoms with Crippen molar-refractivity contribution in [1.82, 2.24) is 5.32 Å². The Balaban J connectivity index is 2.28. The SMILES string of the molecule is CCC(C)(NC(=O)c1ccc(-c2ccccc2OC(F)(F)F)o1)C(=O)O. The van der Waals surface area contributed by atoms with E-state index in [1.54, 1.807) is 6.92 Å². The van der Waals surface area contributed by atoms with E-state index in [1.165, 1.54) is 37.3 Å². The fourth-order valence-electron chi connectivity index (χ4n) is 2.09. The third-order valence-electron chi connectivity index (χ3n) is 3.78. The number of hydrogen-bond donors (Lipinski definition) is 2. The van der Waals surface area contributed by atoms with Crippen LogP contribution in [0.3, 0.4) is 0 Å². The van der Waals surface area contributed by atoms with Crippen LogP contribution in [0.5, 0.6) is 5.75 Å². The molecule has 0 radical (unpaired) electrons. The molecule has 1 aromatic carbocycles. The van der Waals surface area contributed by atoms with Crippen molar-refractivity contribution in [2.45, 2.75) is 32.2 Å². The molecular formula is C17H16F3NO5. The lowest BCUT2D eigenvalue weighted by Gasteiger charge is -2.23. The zero-order valence-electron chi connectivity index (χ0n) is 13.9. The number of benzene rings is 1. The maximum atomic E-state index is 12.5. The molecule has 26 heavy (non-hydrogen) atoms. The van der Waals surface area contributed by atoms with E-state index in [0.717, 1.165) is 6.07 Å². The summed E-state index contributed by atoms with van der Waals surface area (Å²) in [6.07, 6.45) is -4.75. The van der Waals surface area contributed by atoms with Gasteiger partial charge in [0.2, 0.25) is 0 Å². The van der Waals surface area contributed by atoms with Gasteiger partial charge in [0.25, 0.3) is 5.91 Å². The highest BCUT2D eigenvalue weighted by Crippen LogP contribution is 2.34. The van der Waals surface area contributed by atoms with Crippen LogP contribution >= 0.6 is 0 Å². The molecule has 2 rings (SSSR count). The number of nitrogens with one attached hydrogen (secondary N) is 1. The first-order chi connectivity index (χ1) is 12.1. The third kappa shape index (κ3) is 4.35. The molecule has 0 aliphatic heterocycles.